The summed E-state index contributed by atoms with van der Waals surface area (Å²) >= 11 is 6.23. The van der Waals surface area contributed by atoms with Crippen LogP contribution < -0.4 is 4.72 Å². The van der Waals surface area contributed by atoms with E-state index in [1.165, 1.54) is 11.3 Å². The van der Waals surface area contributed by atoms with Crippen LogP contribution in [0.3, 0.4) is 0 Å². The Morgan fingerprint density at radius 1 is 1.39 bits per heavy atom. The van der Waals surface area contributed by atoms with E-state index in [0.717, 1.165) is 16.6 Å². The van der Waals surface area contributed by atoms with E-state index < -0.39 is 10.0 Å². The number of halogens is 1. The molecule has 0 spiro atoms. The quantitative estimate of drug-likeness (QED) is 0.794. The highest BCUT2D eigenvalue weighted by Crippen LogP contribution is 2.31. The van der Waals surface area contributed by atoms with Gasteiger partial charge in [-0.2, -0.15) is 11.8 Å². The zero-order chi connectivity index (χ0) is 13.8. The smallest absolute Gasteiger partial charge is 0.209 e. The summed E-state index contributed by atoms with van der Waals surface area (Å²) in [4.78, 5) is 0. The van der Waals surface area contributed by atoms with Crippen molar-refractivity contribution in [2.75, 3.05) is 12.8 Å². The summed E-state index contributed by atoms with van der Waals surface area (Å²) in [6, 6.07) is 3.37. The van der Waals surface area contributed by atoms with Gasteiger partial charge >= 0.3 is 0 Å². The Balaban J connectivity index is 2.79. The number of thioether (sulfide) groups is 1. The topological polar surface area (TPSA) is 46.2 Å². The molecule has 1 aromatic heterocycles. The molecular weight excluding hydrogens is 354 g/mol. The fourth-order valence-corrected chi connectivity index (χ4v) is 5.67. The fraction of sp³-hybridized carbons (Fsp3) is 0.636. The molecule has 1 aromatic rings. The molecule has 0 saturated heterocycles. The number of hydrogen-bond acceptors (Lipinski definition) is 4. The normalized spacial score (nSPS) is 12.9. The predicted molar refractivity (Wildman–Crippen MR) is 84.0 cm³/mol. The van der Waals surface area contributed by atoms with E-state index in [1.807, 2.05) is 6.26 Å². The maximum Gasteiger partial charge on any atom is 0.250 e. The van der Waals surface area contributed by atoms with Gasteiger partial charge < -0.3 is 0 Å². The van der Waals surface area contributed by atoms with Gasteiger partial charge in [0.1, 0.15) is 4.21 Å². The number of hydrogen-bond donors (Lipinski definition) is 1. The molecule has 0 saturated carbocycles. The number of nitrogens with one attached hydrogen (secondary N) is 1. The fourth-order valence-electron chi connectivity index (χ4n) is 1.60. The van der Waals surface area contributed by atoms with E-state index >= 15 is 0 Å². The van der Waals surface area contributed by atoms with Crippen molar-refractivity contribution >= 4 is 49.1 Å². The molecule has 0 unspecified atom stereocenters. The molecule has 0 atom stereocenters. The van der Waals surface area contributed by atoms with Crippen LogP contribution in [-0.2, 0) is 10.0 Å². The van der Waals surface area contributed by atoms with Crippen LogP contribution in [-0.4, -0.2) is 26.0 Å². The first-order valence-corrected chi connectivity index (χ1v) is 10.0. The minimum absolute atomic E-state index is 0.0123. The van der Waals surface area contributed by atoms with E-state index in [9.17, 15) is 8.42 Å². The van der Waals surface area contributed by atoms with Crippen LogP contribution in [0.25, 0.3) is 0 Å². The second kappa shape index (κ2) is 6.74. The van der Waals surface area contributed by atoms with Crippen LogP contribution >= 0.6 is 39.0 Å². The van der Waals surface area contributed by atoms with Crippen molar-refractivity contribution in [2.24, 2.45) is 0 Å². The van der Waals surface area contributed by atoms with Crippen LogP contribution in [0.4, 0.5) is 0 Å². The molecule has 7 heteroatoms. The van der Waals surface area contributed by atoms with Gasteiger partial charge in [0.25, 0.3) is 0 Å². The maximum atomic E-state index is 12.1. The van der Waals surface area contributed by atoms with Crippen molar-refractivity contribution in [3.8, 4) is 0 Å². The van der Waals surface area contributed by atoms with Crippen molar-refractivity contribution in [1.29, 1.82) is 0 Å². The lowest BCUT2D eigenvalue weighted by Crippen LogP contribution is -2.39. The maximum absolute atomic E-state index is 12.1. The summed E-state index contributed by atoms with van der Waals surface area (Å²) in [5.41, 5.74) is 0. The predicted octanol–water partition coefficient (Wildman–Crippen LogP) is 3.71. The molecule has 0 fully saturated rings. The SMILES string of the molecule is CCC(CC)(CNS(=O)(=O)c1ccc(Br)s1)SC. The first-order chi connectivity index (χ1) is 8.39. The van der Waals surface area contributed by atoms with Gasteiger partial charge in [0, 0.05) is 11.3 Å². The van der Waals surface area contributed by atoms with Crippen molar-refractivity contribution in [2.45, 2.75) is 35.6 Å². The van der Waals surface area contributed by atoms with Crippen molar-refractivity contribution < 1.29 is 8.42 Å². The molecule has 0 aliphatic rings. The lowest BCUT2D eigenvalue weighted by Gasteiger charge is -2.29. The minimum atomic E-state index is -3.38. The molecule has 18 heavy (non-hydrogen) atoms. The third kappa shape index (κ3) is 3.96. The number of rotatable bonds is 7. The van der Waals surface area contributed by atoms with Gasteiger partial charge in [-0.15, -0.1) is 11.3 Å². The first-order valence-electron chi connectivity index (χ1n) is 5.69. The lowest BCUT2D eigenvalue weighted by molar-refractivity contribution is 0.523. The molecule has 1 heterocycles. The molecule has 0 aromatic carbocycles. The zero-order valence-electron chi connectivity index (χ0n) is 10.7. The average molecular weight is 372 g/mol. The Bertz CT molecular complexity index is 472. The second-order valence-electron chi connectivity index (χ2n) is 3.98. The zero-order valence-corrected chi connectivity index (χ0v) is 14.7. The largest absolute Gasteiger partial charge is 0.250 e. The highest BCUT2D eigenvalue weighted by atomic mass is 79.9. The van der Waals surface area contributed by atoms with Gasteiger partial charge in [0.05, 0.1) is 3.79 Å². The molecule has 0 bridgehead atoms. The van der Waals surface area contributed by atoms with Crippen LogP contribution in [0.5, 0.6) is 0 Å². The molecule has 0 aliphatic heterocycles. The van der Waals surface area contributed by atoms with Gasteiger partial charge in [-0.3, -0.25) is 0 Å². The monoisotopic (exact) mass is 371 g/mol. The molecule has 1 rings (SSSR count). The third-order valence-corrected chi connectivity index (χ3v) is 8.22. The average Bonchev–Trinajstić information content (AvgIpc) is 2.79. The molecule has 0 aliphatic carbocycles. The van der Waals surface area contributed by atoms with Gasteiger partial charge in [0.15, 0.2) is 0 Å². The summed E-state index contributed by atoms with van der Waals surface area (Å²) in [5, 5.41) is 0. The summed E-state index contributed by atoms with van der Waals surface area (Å²) < 4.78 is 28.1. The Labute approximate surface area is 126 Å². The van der Waals surface area contributed by atoms with Gasteiger partial charge in [-0.25, -0.2) is 13.1 Å². The highest BCUT2D eigenvalue weighted by molar-refractivity contribution is 9.11. The summed E-state index contributed by atoms with van der Waals surface area (Å²) in [6.07, 6.45) is 3.92. The Kier molecular flexibility index (Phi) is 6.18. The summed E-state index contributed by atoms with van der Waals surface area (Å²) in [7, 11) is -3.38. The number of thiophene rings is 1. The molecular formula is C11H18BrNO2S3. The van der Waals surface area contributed by atoms with Crippen molar-refractivity contribution in [1.82, 2.24) is 4.72 Å². The van der Waals surface area contributed by atoms with Crippen molar-refractivity contribution in [3.05, 3.63) is 15.9 Å². The minimum Gasteiger partial charge on any atom is -0.209 e. The third-order valence-electron chi connectivity index (χ3n) is 3.12. The summed E-state index contributed by atoms with van der Waals surface area (Å²) in [5.74, 6) is 0. The number of sulfonamides is 1. The molecule has 3 nitrogen and oxygen atoms in total. The second-order valence-corrected chi connectivity index (χ2v) is 9.71. The van der Waals surface area contributed by atoms with E-state index in [-0.39, 0.29) is 4.75 Å². The van der Waals surface area contributed by atoms with Crippen LogP contribution in [0.1, 0.15) is 26.7 Å². The van der Waals surface area contributed by atoms with E-state index in [0.29, 0.717) is 10.8 Å². The van der Waals surface area contributed by atoms with Gasteiger partial charge in [-0.05, 0) is 47.2 Å². The molecule has 1 N–H and O–H groups in total. The molecule has 0 amide bonds. The Morgan fingerprint density at radius 3 is 2.39 bits per heavy atom. The lowest BCUT2D eigenvalue weighted by atomic mass is 10.0. The van der Waals surface area contributed by atoms with Gasteiger partial charge in [-0.1, -0.05) is 13.8 Å². The first kappa shape index (κ1) is 16.5. The highest BCUT2D eigenvalue weighted by Gasteiger charge is 2.27. The summed E-state index contributed by atoms with van der Waals surface area (Å²) in [6.45, 7) is 4.66. The molecule has 0 radical (unpaired) electrons. The van der Waals surface area contributed by atoms with E-state index in [4.69, 9.17) is 0 Å². The van der Waals surface area contributed by atoms with Crippen molar-refractivity contribution in [3.63, 3.8) is 0 Å². The van der Waals surface area contributed by atoms with E-state index in [1.54, 1.807) is 23.9 Å². The molecule has 104 valence electrons. The Morgan fingerprint density at radius 2 is 2.00 bits per heavy atom. The van der Waals surface area contributed by atoms with Gasteiger partial charge in [0.2, 0.25) is 10.0 Å². The van der Waals surface area contributed by atoms with Crippen LogP contribution in [0.15, 0.2) is 20.1 Å². The standard InChI is InChI=1S/C11H18BrNO2S3/c1-4-11(5-2,16-3)8-13-18(14,15)10-7-6-9(12)17-10/h6-7,13H,4-5,8H2,1-3H3. The Hall–Kier alpha value is 0.440. The van der Waals surface area contributed by atoms with E-state index in [2.05, 4.69) is 34.5 Å². The van der Waals surface area contributed by atoms with Crippen LogP contribution in [0, 0.1) is 0 Å². The van der Waals surface area contributed by atoms with Crippen LogP contribution in [0.2, 0.25) is 0 Å².